The predicted molar refractivity (Wildman–Crippen MR) is 141 cm³/mol. The summed E-state index contributed by atoms with van der Waals surface area (Å²) in [6.45, 7) is 21.5. The van der Waals surface area contributed by atoms with Crippen molar-refractivity contribution in [3.63, 3.8) is 0 Å². The summed E-state index contributed by atoms with van der Waals surface area (Å²) in [5.41, 5.74) is 0.157. The first kappa shape index (κ1) is 29.7. The van der Waals surface area contributed by atoms with Crippen LogP contribution in [0, 0.1) is 10.8 Å². The Balaban J connectivity index is 1.40. The molecule has 1 aliphatic carbocycles. The third kappa shape index (κ3) is 8.57. The van der Waals surface area contributed by atoms with E-state index in [1.54, 1.807) is 0 Å². The normalized spacial score (nSPS) is 31.9. The van der Waals surface area contributed by atoms with Crippen molar-refractivity contribution in [2.45, 2.75) is 117 Å². The molecule has 0 aromatic carbocycles. The molecule has 4 atom stereocenters. The topological polar surface area (TPSA) is 109 Å². The lowest BCUT2D eigenvalue weighted by molar-refractivity contribution is -0.499. The number of hydrogen-bond acceptors (Lipinski definition) is 7. The van der Waals surface area contributed by atoms with Crippen LogP contribution in [-0.4, -0.2) is 86.3 Å². The zero-order chi connectivity index (χ0) is 26.8. The number of carbonyl (C=O) groups is 1. The molecule has 3 aliphatic rings. The molecule has 0 amide bonds. The highest BCUT2D eigenvalue weighted by molar-refractivity contribution is 6.48. The number of nitrogens with one attached hydrogen (secondary N) is 4. The van der Waals surface area contributed by atoms with Gasteiger partial charge in [-0.1, -0.05) is 27.7 Å². The number of ether oxygens (including phenoxy) is 2. The van der Waals surface area contributed by atoms with E-state index in [0.29, 0.717) is 32.0 Å². The van der Waals surface area contributed by atoms with Crippen molar-refractivity contribution in [2.24, 2.45) is 10.8 Å². The van der Waals surface area contributed by atoms with Gasteiger partial charge in [-0.3, -0.25) is 4.79 Å². The van der Waals surface area contributed by atoms with Crippen LogP contribution in [0.5, 0.6) is 0 Å². The molecule has 0 aromatic heterocycles. The average Bonchev–Trinajstić information content (AvgIpc) is 2.75. The number of hydrogen-bond donors (Lipinski definition) is 4. The van der Waals surface area contributed by atoms with Crippen LogP contribution >= 0.6 is 0 Å². The van der Waals surface area contributed by atoms with Gasteiger partial charge in [-0.25, -0.2) is 4.99 Å². The highest BCUT2D eigenvalue weighted by Gasteiger charge is 2.45. The minimum Gasteiger partial charge on any atom is -0.843 e. The molecule has 3 fully saturated rings. The van der Waals surface area contributed by atoms with Crippen molar-refractivity contribution >= 4 is 11.5 Å². The second kappa shape index (κ2) is 11.5. The second-order valence-electron chi connectivity index (χ2n) is 14.2. The number of piperidine rings is 2. The molecule has 208 valence electrons. The molecule has 0 radical (unpaired) electrons. The highest BCUT2D eigenvalue weighted by Crippen LogP contribution is 2.25. The van der Waals surface area contributed by atoms with Crippen LogP contribution in [-0.2, 0) is 14.3 Å². The van der Waals surface area contributed by atoms with Gasteiger partial charge in [0.25, 0.3) is 0 Å². The first-order valence-electron chi connectivity index (χ1n) is 13.9. The summed E-state index contributed by atoms with van der Waals surface area (Å²) in [4.78, 5) is 15.9. The Hall–Kier alpha value is -0.900. The predicted octanol–water partition coefficient (Wildman–Crippen LogP) is -0.0754. The van der Waals surface area contributed by atoms with E-state index in [-0.39, 0.29) is 39.9 Å². The number of carbonyl (C=O) groups excluding carboxylic acids is 1. The van der Waals surface area contributed by atoms with Gasteiger partial charge in [0, 0.05) is 28.5 Å². The molecule has 0 spiro atoms. The van der Waals surface area contributed by atoms with E-state index in [0.717, 1.165) is 38.8 Å². The molecule has 2 heterocycles. The number of Topliss-reactive ketones (excluding diaryl/α,β-unsaturated/α-hetero) is 1. The molecule has 8 nitrogen and oxygen atoms in total. The molecular weight excluding hydrogens is 456 g/mol. The minimum absolute atomic E-state index is 0.0995. The summed E-state index contributed by atoms with van der Waals surface area (Å²) >= 11 is 0. The molecule has 0 aromatic rings. The van der Waals surface area contributed by atoms with Gasteiger partial charge < -0.3 is 30.5 Å². The quantitative estimate of drug-likeness (QED) is 0.309. The van der Waals surface area contributed by atoms with Crippen molar-refractivity contribution in [1.29, 1.82) is 0 Å². The van der Waals surface area contributed by atoms with Crippen LogP contribution in [0.2, 0.25) is 0 Å². The van der Waals surface area contributed by atoms with Crippen LogP contribution in [0.3, 0.4) is 0 Å². The summed E-state index contributed by atoms with van der Waals surface area (Å²) in [5, 5.41) is 23.0. The van der Waals surface area contributed by atoms with E-state index in [9.17, 15) is 9.90 Å². The van der Waals surface area contributed by atoms with Crippen LogP contribution in [0.15, 0.2) is 0 Å². The molecule has 2 saturated heterocycles. The van der Waals surface area contributed by atoms with Gasteiger partial charge in [0.2, 0.25) is 11.5 Å². The number of rotatable bonds is 11. The summed E-state index contributed by atoms with van der Waals surface area (Å²) in [5.74, 6) is -0.108. The highest BCUT2D eigenvalue weighted by atomic mass is 16.5. The largest absolute Gasteiger partial charge is 0.843 e. The van der Waals surface area contributed by atoms with Gasteiger partial charge in [-0.15, -0.1) is 0 Å². The van der Waals surface area contributed by atoms with Gasteiger partial charge in [0.1, 0.15) is 6.54 Å². The molecule has 36 heavy (non-hydrogen) atoms. The molecule has 1 saturated carbocycles. The zero-order valence-electron chi connectivity index (χ0n) is 24.0. The maximum absolute atomic E-state index is 12.8. The van der Waals surface area contributed by atoms with E-state index in [2.05, 4.69) is 76.3 Å². The molecule has 8 heteroatoms. The second-order valence-corrected chi connectivity index (χ2v) is 14.2. The molecule has 2 aliphatic heterocycles. The van der Waals surface area contributed by atoms with Gasteiger partial charge >= 0.3 is 0 Å². The van der Waals surface area contributed by atoms with Crippen LogP contribution in [0.25, 0.3) is 0 Å². The monoisotopic (exact) mass is 508 g/mol. The lowest BCUT2D eigenvalue weighted by Crippen LogP contribution is -2.89. The fourth-order valence-electron chi connectivity index (χ4n) is 5.33. The average molecular weight is 509 g/mol. The maximum Gasteiger partial charge on any atom is 0.236 e. The zero-order valence-corrected chi connectivity index (χ0v) is 24.0. The van der Waals surface area contributed by atoms with Crippen LogP contribution < -0.4 is 26.0 Å². The Morgan fingerprint density at radius 3 is 1.92 bits per heavy atom. The van der Waals surface area contributed by atoms with Gasteiger partial charge in [0.15, 0.2) is 0 Å². The molecule has 3 rings (SSSR count). The third-order valence-corrected chi connectivity index (χ3v) is 7.73. The van der Waals surface area contributed by atoms with E-state index in [1.807, 2.05) is 0 Å². The molecular formula is C28H52N4O4. The Kier molecular flexibility index (Phi) is 9.44. The Bertz CT molecular complexity index is 792. The van der Waals surface area contributed by atoms with Crippen LogP contribution in [0.4, 0.5) is 0 Å². The fourth-order valence-corrected chi connectivity index (χ4v) is 5.33. The van der Waals surface area contributed by atoms with Crippen molar-refractivity contribution in [3.05, 3.63) is 0 Å². The smallest absolute Gasteiger partial charge is 0.236 e. The standard InChI is InChI=1S/C28H51N4O4/c1-25(2,17-35-19-9-11-31-27(5,6)13-19)15-29-21-23(33)22(24(21)34)30-16-26(3,4)18-36-20-10-12-32-28(7,8)14-20/h19-21,23,29,31-32H,9-18H2,1-8H3/q-1/p+1. The first-order chi connectivity index (χ1) is 16.6. The number of ketones is 1. The fraction of sp³-hybridized carbons (Fsp3) is 0.929. The Labute approximate surface area is 218 Å². The SMILES string of the molecule is CC(C)(CNC1C(=O)C(=[NH+]CC(C)(C)COC2CCNC(C)(C)C2)C1[O-])COC1CCNC(C)(C)C1. The summed E-state index contributed by atoms with van der Waals surface area (Å²) in [6, 6.07) is -0.666. The maximum atomic E-state index is 12.8. The van der Waals surface area contributed by atoms with Gasteiger partial charge in [-0.2, -0.15) is 0 Å². The molecule has 4 unspecified atom stereocenters. The van der Waals surface area contributed by atoms with E-state index in [1.165, 1.54) is 0 Å². The van der Waals surface area contributed by atoms with Crippen molar-refractivity contribution in [1.82, 2.24) is 16.0 Å². The molecule has 0 bridgehead atoms. The summed E-state index contributed by atoms with van der Waals surface area (Å²) < 4.78 is 12.4. The Morgan fingerprint density at radius 2 is 1.44 bits per heavy atom. The molecule has 4 N–H and O–H groups in total. The Morgan fingerprint density at radius 1 is 0.944 bits per heavy atom. The van der Waals surface area contributed by atoms with Crippen molar-refractivity contribution < 1.29 is 24.4 Å². The lowest BCUT2D eigenvalue weighted by Gasteiger charge is -2.41. The van der Waals surface area contributed by atoms with E-state index < -0.39 is 12.1 Å². The first-order valence-corrected chi connectivity index (χ1v) is 13.9. The van der Waals surface area contributed by atoms with E-state index >= 15 is 0 Å². The summed E-state index contributed by atoms with van der Waals surface area (Å²) in [7, 11) is 0. The van der Waals surface area contributed by atoms with Crippen molar-refractivity contribution in [2.75, 3.05) is 39.4 Å². The lowest BCUT2D eigenvalue weighted by atomic mass is 9.83. The van der Waals surface area contributed by atoms with Gasteiger partial charge in [0.05, 0.1) is 31.5 Å². The van der Waals surface area contributed by atoms with Crippen LogP contribution in [0.1, 0.15) is 81.1 Å². The van der Waals surface area contributed by atoms with Gasteiger partial charge in [-0.05, 0) is 72.6 Å². The minimum atomic E-state index is -1.05. The third-order valence-electron chi connectivity index (χ3n) is 7.73. The van der Waals surface area contributed by atoms with E-state index in [4.69, 9.17) is 9.47 Å². The summed E-state index contributed by atoms with van der Waals surface area (Å²) in [6.07, 6.45) is 3.43. The van der Waals surface area contributed by atoms with Crippen molar-refractivity contribution in [3.8, 4) is 0 Å².